The summed E-state index contributed by atoms with van der Waals surface area (Å²) >= 11 is 0. The first-order valence-electron chi connectivity index (χ1n) is 7.50. The second-order valence-electron chi connectivity index (χ2n) is 5.13. The summed E-state index contributed by atoms with van der Waals surface area (Å²) in [5.41, 5.74) is 2.80. The summed E-state index contributed by atoms with van der Waals surface area (Å²) in [4.78, 5) is 7.58. The Labute approximate surface area is 156 Å². The fourth-order valence-corrected chi connectivity index (χ4v) is 2.41. The predicted molar refractivity (Wildman–Crippen MR) is 101 cm³/mol. The largest absolute Gasteiger partial charge is 0.493 e. The summed E-state index contributed by atoms with van der Waals surface area (Å²) in [6.07, 6.45) is 1.70. The predicted octanol–water partition coefficient (Wildman–Crippen LogP) is 3.96. The van der Waals surface area contributed by atoms with Crippen molar-refractivity contribution in [3.8, 4) is 23.6 Å². The van der Waals surface area contributed by atoms with Crippen LogP contribution in [0, 0.1) is 22.7 Å². The van der Waals surface area contributed by atoms with Crippen LogP contribution in [0.5, 0.6) is 11.5 Å². The highest BCUT2D eigenvalue weighted by Gasteiger charge is 2.09. The molecule has 0 saturated heterocycles. The highest BCUT2D eigenvalue weighted by Crippen LogP contribution is 2.29. The van der Waals surface area contributed by atoms with Crippen LogP contribution in [0.3, 0.4) is 0 Å². The van der Waals surface area contributed by atoms with Gasteiger partial charge < -0.3 is 14.5 Å². The van der Waals surface area contributed by atoms with Crippen LogP contribution in [-0.2, 0) is 0 Å². The van der Waals surface area contributed by atoms with E-state index >= 15 is 0 Å². The van der Waals surface area contributed by atoms with Crippen molar-refractivity contribution in [2.75, 3.05) is 13.7 Å². The van der Waals surface area contributed by atoms with Crippen molar-refractivity contribution in [1.29, 1.82) is 10.5 Å². The number of methoxy groups -OCH3 is 1. The molecule has 0 fully saturated rings. The van der Waals surface area contributed by atoms with Gasteiger partial charge in [-0.05, 0) is 35.9 Å². The molecule has 26 heavy (non-hydrogen) atoms. The number of imidazole rings is 1. The molecule has 0 spiro atoms. The number of fused-ring (bicyclic) bond motifs is 1. The number of halogens is 1. The number of benzene rings is 2. The fourth-order valence-electron chi connectivity index (χ4n) is 2.41. The summed E-state index contributed by atoms with van der Waals surface area (Å²) in [7, 11) is 1.53. The van der Waals surface area contributed by atoms with Crippen molar-refractivity contribution in [1.82, 2.24) is 9.97 Å². The van der Waals surface area contributed by atoms with Crippen molar-refractivity contribution < 1.29 is 9.47 Å². The Morgan fingerprint density at radius 1 is 1.19 bits per heavy atom. The maximum atomic E-state index is 9.50. The van der Waals surface area contributed by atoms with Gasteiger partial charge in [0.15, 0.2) is 18.1 Å². The van der Waals surface area contributed by atoms with Crippen LogP contribution in [0.4, 0.5) is 0 Å². The minimum Gasteiger partial charge on any atom is -0.493 e. The number of para-hydroxylation sites is 2. The third-order valence-electron chi connectivity index (χ3n) is 3.56. The number of aromatic amines is 1. The van der Waals surface area contributed by atoms with Crippen LogP contribution in [-0.4, -0.2) is 23.7 Å². The first-order valence-corrected chi connectivity index (χ1v) is 7.50. The van der Waals surface area contributed by atoms with Crippen molar-refractivity contribution in [2.45, 2.75) is 0 Å². The van der Waals surface area contributed by atoms with Gasteiger partial charge in [-0.3, -0.25) is 0 Å². The van der Waals surface area contributed by atoms with Gasteiger partial charge in [-0.1, -0.05) is 18.2 Å². The molecule has 0 bridgehead atoms. The number of nitrogens with zero attached hydrogens (tertiary/aromatic N) is 3. The molecule has 130 valence electrons. The summed E-state index contributed by atoms with van der Waals surface area (Å²) in [6.45, 7) is -0.0851. The topological polar surface area (TPSA) is 94.7 Å². The average Bonchev–Trinajstić information content (AvgIpc) is 3.08. The quantitative estimate of drug-likeness (QED) is 0.689. The molecule has 0 aliphatic carbocycles. The van der Waals surface area contributed by atoms with Gasteiger partial charge >= 0.3 is 0 Å². The van der Waals surface area contributed by atoms with E-state index in [2.05, 4.69) is 16.0 Å². The molecule has 0 saturated carbocycles. The maximum absolute atomic E-state index is 9.50. The summed E-state index contributed by atoms with van der Waals surface area (Å²) in [5.74, 6) is 1.47. The van der Waals surface area contributed by atoms with E-state index in [1.807, 2.05) is 30.3 Å². The molecular weight excluding hydrogens is 352 g/mol. The number of nitrogens with one attached hydrogen (secondary N) is 1. The summed E-state index contributed by atoms with van der Waals surface area (Å²) in [5, 5.41) is 18.2. The zero-order valence-corrected chi connectivity index (χ0v) is 14.7. The zero-order chi connectivity index (χ0) is 17.6. The van der Waals surface area contributed by atoms with Crippen molar-refractivity contribution in [3.05, 3.63) is 53.9 Å². The number of ether oxygens (including phenoxy) is 2. The highest BCUT2D eigenvalue weighted by atomic mass is 35.5. The van der Waals surface area contributed by atoms with Crippen LogP contribution in [0.25, 0.3) is 22.7 Å². The molecule has 0 aliphatic heterocycles. The lowest BCUT2D eigenvalue weighted by Gasteiger charge is -2.09. The lowest BCUT2D eigenvalue weighted by atomic mass is 10.1. The molecule has 6 nitrogen and oxygen atoms in total. The van der Waals surface area contributed by atoms with E-state index in [0.29, 0.717) is 22.9 Å². The SMILES string of the molecule is COc1ccc(C=C(C#N)c2nc3ccccc3[nH]2)cc1OCC#N.Cl. The fraction of sp³-hybridized carbons (Fsp3) is 0.105. The zero-order valence-electron chi connectivity index (χ0n) is 13.9. The van der Waals surface area contributed by atoms with Gasteiger partial charge in [0.1, 0.15) is 18.0 Å². The molecule has 0 amide bonds. The normalized spacial score (nSPS) is 10.5. The molecule has 3 aromatic rings. The Balaban J connectivity index is 0.00000243. The van der Waals surface area contributed by atoms with Gasteiger partial charge in [0.05, 0.1) is 23.7 Å². The average molecular weight is 367 g/mol. The van der Waals surface area contributed by atoms with Gasteiger partial charge in [-0.2, -0.15) is 10.5 Å². The van der Waals surface area contributed by atoms with Crippen LogP contribution in [0.15, 0.2) is 42.5 Å². The number of hydrogen-bond donors (Lipinski definition) is 1. The van der Waals surface area contributed by atoms with Crippen LogP contribution >= 0.6 is 12.4 Å². The van der Waals surface area contributed by atoms with E-state index < -0.39 is 0 Å². The second kappa shape index (κ2) is 8.57. The Hall–Kier alpha value is -3.48. The monoisotopic (exact) mass is 366 g/mol. The summed E-state index contributed by atoms with van der Waals surface area (Å²) in [6, 6.07) is 16.9. The number of hydrogen-bond acceptors (Lipinski definition) is 5. The molecule has 0 unspecified atom stereocenters. The van der Waals surface area contributed by atoms with Crippen LogP contribution in [0.1, 0.15) is 11.4 Å². The Kier molecular flexibility index (Phi) is 6.21. The molecule has 2 aromatic carbocycles. The van der Waals surface area contributed by atoms with Gasteiger partial charge in [0.2, 0.25) is 0 Å². The van der Waals surface area contributed by atoms with Crippen LogP contribution < -0.4 is 9.47 Å². The van der Waals surface area contributed by atoms with Gasteiger partial charge in [-0.25, -0.2) is 4.98 Å². The van der Waals surface area contributed by atoms with Crippen molar-refractivity contribution in [2.24, 2.45) is 0 Å². The van der Waals surface area contributed by atoms with E-state index in [1.165, 1.54) is 7.11 Å². The lowest BCUT2D eigenvalue weighted by Crippen LogP contribution is -1.97. The molecule has 7 heteroatoms. The molecule has 3 rings (SSSR count). The number of aromatic nitrogens is 2. The second-order valence-corrected chi connectivity index (χ2v) is 5.13. The molecule has 0 atom stereocenters. The minimum atomic E-state index is -0.0851. The van der Waals surface area contributed by atoms with E-state index in [9.17, 15) is 5.26 Å². The van der Waals surface area contributed by atoms with Gasteiger partial charge in [-0.15, -0.1) is 12.4 Å². The van der Waals surface area contributed by atoms with Gasteiger partial charge in [0.25, 0.3) is 0 Å². The number of rotatable bonds is 5. The first kappa shape index (κ1) is 18.9. The molecule has 1 aromatic heterocycles. The molecule has 1 N–H and O–H groups in total. The van der Waals surface area contributed by atoms with Crippen LogP contribution in [0.2, 0.25) is 0 Å². The highest BCUT2D eigenvalue weighted by molar-refractivity contribution is 5.90. The molecular formula is C19H15ClN4O2. The van der Waals surface area contributed by atoms with E-state index in [4.69, 9.17) is 14.7 Å². The third-order valence-corrected chi connectivity index (χ3v) is 3.56. The Bertz CT molecular complexity index is 995. The molecule has 1 heterocycles. The van der Waals surface area contributed by atoms with E-state index in [-0.39, 0.29) is 19.0 Å². The molecule has 0 aliphatic rings. The lowest BCUT2D eigenvalue weighted by molar-refractivity contribution is 0.329. The molecule has 0 radical (unpaired) electrons. The van der Waals surface area contributed by atoms with Crippen molar-refractivity contribution >= 4 is 35.1 Å². The number of nitriles is 2. The first-order chi connectivity index (χ1) is 12.2. The summed E-state index contributed by atoms with van der Waals surface area (Å²) < 4.78 is 10.6. The standard InChI is InChI=1S/C19H14N4O2.ClH/c1-24-17-7-6-13(11-18(17)25-9-8-20)10-14(12-21)19-22-15-4-2-3-5-16(15)23-19;/h2-7,10-11H,9H2,1H3,(H,22,23);1H. The van der Waals surface area contributed by atoms with Gasteiger partial charge in [0, 0.05) is 0 Å². The van der Waals surface area contributed by atoms with E-state index in [1.54, 1.807) is 24.3 Å². The smallest absolute Gasteiger partial charge is 0.174 e. The Morgan fingerprint density at radius 3 is 2.69 bits per heavy atom. The van der Waals surface area contributed by atoms with Crippen molar-refractivity contribution in [3.63, 3.8) is 0 Å². The van der Waals surface area contributed by atoms with E-state index in [0.717, 1.165) is 16.6 Å². The minimum absolute atomic E-state index is 0. The number of H-pyrrole nitrogens is 1. The maximum Gasteiger partial charge on any atom is 0.174 e. The third kappa shape index (κ3) is 3.94. The Morgan fingerprint density at radius 2 is 2.00 bits per heavy atom. The number of allylic oxidation sites excluding steroid dienone is 1.